The minimum atomic E-state index is -0.464. The van der Waals surface area contributed by atoms with Crippen LogP contribution in [0.2, 0.25) is 0 Å². The number of nitrogens with one attached hydrogen (secondary N) is 1. The van der Waals surface area contributed by atoms with Gasteiger partial charge in [-0.05, 0) is 75.2 Å². The molecule has 0 aliphatic rings. The lowest BCUT2D eigenvalue weighted by Crippen LogP contribution is -2.33. The van der Waals surface area contributed by atoms with Crippen LogP contribution in [0, 0.1) is 17.8 Å². The van der Waals surface area contributed by atoms with Crippen molar-refractivity contribution >= 4 is 11.9 Å². The Morgan fingerprint density at radius 1 is 1.17 bits per heavy atom. The molecule has 3 atom stereocenters. The van der Waals surface area contributed by atoms with Gasteiger partial charge in [-0.1, -0.05) is 39.8 Å². The van der Waals surface area contributed by atoms with Gasteiger partial charge in [-0.25, -0.2) is 4.79 Å². The van der Waals surface area contributed by atoms with E-state index in [0.29, 0.717) is 36.5 Å². The van der Waals surface area contributed by atoms with Crippen LogP contribution in [0.4, 0.5) is 4.79 Å². The maximum absolute atomic E-state index is 12.3. The molecule has 0 aromatic heterocycles. The molecule has 0 saturated heterocycles. The van der Waals surface area contributed by atoms with Crippen LogP contribution in [0.5, 0.6) is 5.75 Å². The van der Waals surface area contributed by atoms with Crippen LogP contribution >= 0.6 is 0 Å². The minimum absolute atomic E-state index is 0.141. The van der Waals surface area contributed by atoms with Crippen LogP contribution in [0.1, 0.15) is 65.4 Å². The van der Waals surface area contributed by atoms with Gasteiger partial charge in [0, 0.05) is 19.5 Å². The molecule has 3 unspecified atom stereocenters. The van der Waals surface area contributed by atoms with Crippen molar-refractivity contribution in [2.45, 2.75) is 59.8 Å². The Balaban J connectivity index is 2.72. The Labute approximate surface area is 177 Å². The number of Topliss-reactive ketones (excluding diaryl/α,β-unsaturated/α-hetero) is 1. The average molecular weight is 405 g/mol. The average Bonchev–Trinajstić information content (AvgIpc) is 2.59. The number of rotatable bonds is 12. The summed E-state index contributed by atoms with van der Waals surface area (Å²) in [6, 6.07) is 7.84. The number of carbonyl (C=O) groups excluding carboxylic acids is 2. The lowest BCUT2D eigenvalue weighted by molar-refractivity contribution is -0.118. The van der Waals surface area contributed by atoms with Crippen LogP contribution in [-0.2, 0) is 4.79 Å². The van der Waals surface area contributed by atoms with Gasteiger partial charge in [-0.3, -0.25) is 0 Å². The second-order valence-electron chi connectivity index (χ2n) is 9.00. The van der Waals surface area contributed by atoms with E-state index in [9.17, 15) is 9.59 Å². The highest BCUT2D eigenvalue weighted by atomic mass is 16.6. The van der Waals surface area contributed by atoms with E-state index in [0.717, 1.165) is 19.4 Å². The van der Waals surface area contributed by atoms with E-state index in [4.69, 9.17) is 4.74 Å². The number of nitrogens with zero attached hydrogens (tertiary/aromatic N) is 1. The Morgan fingerprint density at radius 3 is 2.41 bits per heavy atom. The maximum Gasteiger partial charge on any atom is 0.412 e. The first-order valence-electron chi connectivity index (χ1n) is 10.8. The molecule has 1 aromatic carbocycles. The summed E-state index contributed by atoms with van der Waals surface area (Å²) in [5, 5.41) is 2.83. The molecule has 0 fully saturated rings. The number of benzene rings is 1. The summed E-state index contributed by atoms with van der Waals surface area (Å²) in [6.07, 6.45) is 1.95. The zero-order valence-corrected chi connectivity index (χ0v) is 19.3. The molecule has 0 radical (unpaired) electrons. The van der Waals surface area contributed by atoms with Gasteiger partial charge in [0.2, 0.25) is 0 Å². The lowest BCUT2D eigenvalue weighted by Gasteiger charge is -2.26. The molecule has 0 saturated carbocycles. The fourth-order valence-corrected chi connectivity index (χ4v) is 4.16. The van der Waals surface area contributed by atoms with E-state index in [-0.39, 0.29) is 11.7 Å². The van der Waals surface area contributed by atoms with Crippen molar-refractivity contribution in [2.24, 2.45) is 17.8 Å². The summed E-state index contributed by atoms with van der Waals surface area (Å²) in [4.78, 5) is 26.0. The summed E-state index contributed by atoms with van der Waals surface area (Å²) in [5.74, 6) is 2.24. The zero-order chi connectivity index (χ0) is 22.0. The molecule has 0 heterocycles. The van der Waals surface area contributed by atoms with E-state index in [1.165, 1.54) is 5.56 Å². The highest BCUT2D eigenvalue weighted by molar-refractivity contribution is 5.76. The standard InChI is InChI=1S/C24H40N2O3/c1-8-23(18(4)16-26(6)7)21-10-9-11-22(14-21)29-24(28)25-15-20(12-17(2)3)13-19(5)27/h9-11,14,17-18,20,23H,8,12-13,15-16H2,1-7H3,(H,25,28). The van der Waals surface area contributed by atoms with Crippen LogP contribution < -0.4 is 10.1 Å². The Morgan fingerprint density at radius 2 is 1.86 bits per heavy atom. The number of amides is 1. The van der Waals surface area contributed by atoms with Crippen molar-refractivity contribution in [3.8, 4) is 5.75 Å². The molecule has 0 bridgehead atoms. The van der Waals surface area contributed by atoms with Gasteiger partial charge in [0.05, 0.1) is 0 Å². The van der Waals surface area contributed by atoms with Crippen LogP contribution in [0.15, 0.2) is 24.3 Å². The molecular weight excluding hydrogens is 364 g/mol. The van der Waals surface area contributed by atoms with Gasteiger partial charge >= 0.3 is 6.09 Å². The minimum Gasteiger partial charge on any atom is -0.410 e. The third-order valence-corrected chi connectivity index (χ3v) is 5.19. The fourth-order valence-electron chi connectivity index (χ4n) is 4.16. The van der Waals surface area contributed by atoms with Gasteiger partial charge in [-0.2, -0.15) is 0 Å². The molecule has 0 aliphatic heterocycles. The van der Waals surface area contributed by atoms with Gasteiger partial charge < -0.3 is 19.7 Å². The highest BCUT2D eigenvalue weighted by Crippen LogP contribution is 2.30. The monoisotopic (exact) mass is 404 g/mol. The number of carbonyl (C=O) groups is 2. The van der Waals surface area contributed by atoms with Crippen molar-refractivity contribution in [1.29, 1.82) is 0 Å². The third kappa shape index (κ3) is 9.93. The molecule has 29 heavy (non-hydrogen) atoms. The Hall–Kier alpha value is -1.88. The first-order chi connectivity index (χ1) is 13.6. The van der Waals surface area contributed by atoms with E-state index in [1.807, 2.05) is 18.2 Å². The van der Waals surface area contributed by atoms with Gasteiger partial charge in [0.25, 0.3) is 0 Å². The molecule has 5 nitrogen and oxygen atoms in total. The first-order valence-corrected chi connectivity index (χ1v) is 10.8. The van der Waals surface area contributed by atoms with E-state index in [2.05, 4.69) is 58.1 Å². The van der Waals surface area contributed by atoms with Crippen molar-refractivity contribution in [3.05, 3.63) is 29.8 Å². The third-order valence-electron chi connectivity index (χ3n) is 5.19. The van der Waals surface area contributed by atoms with Crippen LogP contribution in [-0.4, -0.2) is 44.0 Å². The summed E-state index contributed by atoms with van der Waals surface area (Å²) in [5.41, 5.74) is 1.20. The zero-order valence-electron chi connectivity index (χ0n) is 19.3. The molecule has 0 spiro atoms. The fraction of sp³-hybridized carbons (Fsp3) is 0.667. The van der Waals surface area contributed by atoms with Crippen molar-refractivity contribution < 1.29 is 14.3 Å². The summed E-state index contributed by atoms with van der Waals surface area (Å²) in [7, 11) is 4.18. The van der Waals surface area contributed by atoms with E-state index in [1.54, 1.807) is 6.92 Å². The molecule has 0 aliphatic carbocycles. The van der Waals surface area contributed by atoms with Crippen molar-refractivity contribution in [3.63, 3.8) is 0 Å². The molecule has 1 amide bonds. The van der Waals surface area contributed by atoms with E-state index < -0.39 is 6.09 Å². The summed E-state index contributed by atoms with van der Waals surface area (Å²) >= 11 is 0. The molecule has 5 heteroatoms. The SMILES string of the molecule is CCC(c1cccc(OC(=O)NCC(CC(C)=O)CC(C)C)c1)C(C)CN(C)C. The smallest absolute Gasteiger partial charge is 0.410 e. The second-order valence-corrected chi connectivity index (χ2v) is 9.00. The summed E-state index contributed by atoms with van der Waals surface area (Å²) < 4.78 is 5.53. The maximum atomic E-state index is 12.3. The van der Waals surface area contributed by atoms with E-state index >= 15 is 0 Å². The molecule has 164 valence electrons. The number of ether oxygens (including phenoxy) is 1. The normalized spacial score (nSPS) is 14.5. The summed E-state index contributed by atoms with van der Waals surface area (Å²) in [6.45, 7) is 11.8. The molecular formula is C24H40N2O3. The molecule has 1 aromatic rings. The molecule has 1 rings (SSSR count). The topological polar surface area (TPSA) is 58.6 Å². The number of hydrogen-bond donors (Lipinski definition) is 1. The van der Waals surface area contributed by atoms with Crippen molar-refractivity contribution in [1.82, 2.24) is 10.2 Å². The quantitative estimate of drug-likeness (QED) is 0.526. The number of ketones is 1. The van der Waals surface area contributed by atoms with Crippen LogP contribution in [0.25, 0.3) is 0 Å². The Kier molecular flexibility index (Phi) is 11.0. The largest absolute Gasteiger partial charge is 0.412 e. The predicted octanol–water partition coefficient (Wildman–Crippen LogP) is 5.11. The predicted molar refractivity (Wildman–Crippen MR) is 119 cm³/mol. The highest BCUT2D eigenvalue weighted by Gasteiger charge is 2.19. The first kappa shape index (κ1) is 25.2. The van der Waals surface area contributed by atoms with Crippen molar-refractivity contribution in [2.75, 3.05) is 27.2 Å². The Bertz CT molecular complexity index is 643. The number of hydrogen-bond acceptors (Lipinski definition) is 4. The van der Waals surface area contributed by atoms with Gasteiger partial charge in [0.1, 0.15) is 11.5 Å². The van der Waals surface area contributed by atoms with Gasteiger partial charge in [-0.15, -0.1) is 0 Å². The molecule has 1 N–H and O–H groups in total. The van der Waals surface area contributed by atoms with Crippen LogP contribution in [0.3, 0.4) is 0 Å². The van der Waals surface area contributed by atoms with Gasteiger partial charge in [0.15, 0.2) is 0 Å². The second kappa shape index (κ2) is 12.6. The lowest BCUT2D eigenvalue weighted by atomic mass is 9.85.